The molecule has 0 aliphatic heterocycles. The number of halogens is 3. The van der Waals surface area contributed by atoms with Crippen molar-refractivity contribution in [1.82, 2.24) is 4.98 Å². The molecule has 0 spiro atoms. The van der Waals surface area contributed by atoms with Gasteiger partial charge in [0.25, 0.3) is 0 Å². The van der Waals surface area contributed by atoms with Crippen molar-refractivity contribution in [2.45, 2.75) is 12.4 Å². The van der Waals surface area contributed by atoms with Crippen LogP contribution in [0.15, 0.2) is 48.8 Å². The Kier molecular flexibility index (Phi) is 3.71. The SMILES string of the molecule is NC(c1ccc(OC(F)(F)F)cc1)c1cccnc1. The van der Waals surface area contributed by atoms with Crippen molar-refractivity contribution < 1.29 is 17.9 Å². The van der Waals surface area contributed by atoms with E-state index in [9.17, 15) is 13.2 Å². The average molecular weight is 268 g/mol. The summed E-state index contributed by atoms with van der Waals surface area (Å²) in [7, 11) is 0. The van der Waals surface area contributed by atoms with Gasteiger partial charge in [0.2, 0.25) is 0 Å². The highest BCUT2D eigenvalue weighted by molar-refractivity contribution is 5.34. The minimum Gasteiger partial charge on any atom is -0.406 e. The molecule has 1 heterocycles. The summed E-state index contributed by atoms with van der Waals surface area (Å²) in [5, 5.41) is 0. The number of nitrogens with two attached hydrogens (primary N) is 1. The number of aromatic nitrogens is 1. The summed E-state index contributed by atoms with van der Waals surface area (Å²) in [6.45, 7) is 0. The molecule has 1 aromatic heterocycles. The molecule has 6 heteroatoms. The van der Waals surface area contributed by atoms with Gasteiger partial charge in [-0.1, -0.05) is 18.2 Å². The van der Waals surface area contributed by atoms with Crippen LogP contribution in [0, 0.1) is 0 Å². The number of ether oxygens (including phenoxy) is 1. The third-order valence-corrected chi connectivity index (χ3v) is 2.52. The molecule has 19 heavy (non-hydrogen) atoms. The van der Waals surface area contributed by atoms with Crippen LogP contribution < -0.4 is 10.5 Å². The molecule has 2 aromatic rings. The van der Waals surface area contributed by atoms with Crippen LogP contribution in [0.25, 0.3) is 0 Å². The number of hydrogen-bond donors (Lipinski definition) is 1. The van der Waals surface area contributed by atoms with Gasteiger partial charge in [-0.05, 0) is 29.3 Å². The van der Waals surface area contributed by atoms with Gasteiger partial charge in [0.1, 0.15) is 5.75 Å². The molecule has 0 saturated carbocycles. The molecule has 100 valence electrons. The van der Waals surface area contributed by atoms with Crippen molar-refractivity contribution in [3.8, 4) is 5.75 Å². The van der Waals surface area contributed by atoms with Gasteiger partial charge in [0.05, 0.1) is 6.04 Å². The van der Waals surface area contributed by atoms with Crippen molar-refractivity contribution in [2.24, 2.45) is 5.73 Å². The molecule has 1 aromatic carbocycles. The van der Waals surface area contributed by atoms with E-state index in [4.69, 9.17) is 5.73 Å². The summed E-state index contributed by atoms with van der Waals surface area (Å²) in [5.41, 5.74) is 7.46. The van der Waals surface area contributed by atoms with Crippen LogP contribution >= 0.6 is 0 Å². The summed E-state index contributed by atoms with van der Waals surface area (Å²) in [4.78, 5) is 3.94. The van der Waals surface area contributed by atoms with E-state index in [0.717, 1.165) is 5.56 Å². The van der Waals surface area contributed by atoms with Gasteiger partial charge in [-0.2, -0.15) is 0 Å². The molecule has 0 aliphatic rings. The lowest BCUT2D eigenvalue weighted by molar-refractivity contribution is -0.274. The number of alkyl halides is 3. The van der Waals surface area contributed by atoms with Crippen LogP contribution in [0.1, 0.15) is 17.2 Å². The lowest BCUT2D eigenvalue weighted by Gasteiger charge is -2.13. The second-order valence-electron chi connectivity index (χ2n) is 3.88. The molecular formula is C13H11F3N2O. The monoisotopic (exact) mass is 268 g/mol. The van der Waals surface area contributed by atoms with Crippen molar-refractivity contribution >= 4 is 0 Å². The molecule has 0 amide bonds. The van der Waals surface area contributed by atoms with Gasteiger partial charge in [-0.15, -0.1) is 13.2 Å². The standard InChI is InChI=1S/C13H11F3N2O/c14-13(15,16)19-11-5-3-9(4-6-11)12(17)10-2-1-7-18-8-10/h1-8,12H,17H2. The molecule has 2 N–H and O–H groups in total. The Labute approximate surface area is 107 Å². The number of benzene rings is 1. The van der Waals surface area contributed by atoms with Crippen molar-refractivity contribution in [1.29, 1.82) is 0 Å². The lowest BCUT2D eigenvalue weighted by Crippen LogP contribution is -2.17. The van der Waals surface area contributed by atoms with E-state index in [-0.39, 0.29) is 5.75 Å². The Morgan fingerprint density at radius 1 is 1.05 bits per heavy atom. The van der Waals surface area contributed by atoms with Gasteiger partial charge in [-0.3, -0.25) is 4.98 Å². The summed E-state index contributed by atoms with van der Waals surface area (Å²) < 4.78 is 39.8. The first-order valence-corrected chi connectivity index (χ1v) is 5.47. The van der Waals surface area contributed by atoms with Gasteiger partial charge in [0, 0.05) is 12.4 Å². The fourth-order valence-electron chi connectivity index (χ4n) is 1.63. The third-order valence-electron chi connectivity index (χ3n) is 2.52. The first-order valence-electron chi connectivity index (χ1n) is 5.47. The maximum absolute atomic E-state index is 12.0. The normalized spacial score (nSPS) is 13.1. The summed E-state index contributed by atoms with van der Waals surface area (Å²) in [6.07, 6.45) is -1.45. The number of nitrogens with zero attached hydrogens (tertiary/aromatic N) is 1. The summed E-state index contributed by atoms with van der Waals surface area (Å²) >= 11 is 0. The van der Waals surface area contributed by atoms with Gasteiger partial charge in [-0.25, -0.2) is 0 Å². The first kappa shape index (κ1) is 13.4. The Morgan fingerprint density at radius 3 is 2.26 bits per heavy atom. The van der Waals surface area contributed by atoms with E-state index in [1.165, 1.54) is 24.3 Å². The minimum atomic E-state index is -4.69. The van der Waals surface area contributed by atoms with E-state index in [1.54, 1.807) is 24.5 Å². The van der Waals surface area contributed by atoms with Crippen LogP contribution in [-0.4, -0.2) is 11.3 Å². The minimum absolute atomic E-state index is 0.269. The van der Waals surface area contributed by atoms with Crippen LogP contribution in [0.4, 0.5) is 13.2 Å². The first-order chi connectivity index (χ1) is 8.96. The maximum atomic E-state index is 12.0. The molecule has 3 nitrogen and oxygen atoms in total. The molecule has 0 bridgehead atoms. The van der Waals surface area contributed by atoms with Crippen molar-refractivity contribution in [3.63, 3.8) is 0 Å². The Morgan fingerprint density at radius 2 is 1.74 bits per heavy atom. The Bertz CT molecular complexity index is 526. The van der Waals surface area contributed by atoms with Crippen LogP contribution in [0.3, 0.4) is 0 Å². The molecule has 0 aliphatic carbocycles. The Balaban J connectivity index is 2.15. The second kappa shape index (κ2) is 5.27. The summed E-state index contributed by atoms with van der Waals surface area (Å²) in [6, 6.07) is 8.58. The molecule has 1 atom stereocenters. The predicted octanol–water partition coefficient (Wildman–Crippen LogP) is 3.03. The van der Waals surface area contributed by atoms with Crippen LogP contribution in [-0.2, 0) is 0 Å². The van der Waals surface area contributed by atoms with E-state index < -0.39 is 12.4 Å². The van der Waals surface area contributed by atoms with Gasteiger partial charge >= 0.3 is 6.36 Å². The van der Waals surface area contributed by atoms with E-state index >= 15 is 0 Å². The van der Waals surface area contributed by atoms with Crippen LogP contribution in [0.5, 0.6) is 5.75 Å². The van der Waals surface area contributed by atoms with E-state index in [0.29, 0.717) is 5.56 Å². The largest absolute Gasteiger partial charge is 0.573 e. The van der Waals surface area contributed by atoms with E-state index in [2.05, 4.69) is 9.72 Å². The summed E-state index contributed by atoms with van der Waals surface area (Å²) in [5.74, 6) is -0.269. The quantitative estimate of drug-likeness (QED) is 0.930. The predicted molar refractivity (Wildman–Crippen MR) is 63.4 cm³/mol. The molecule has 0 saturated heterocycles. The fourth-order valence-corrected chi connectivity index (χ4v) is 1.63. The zero-order valence-corrected chi connectivity index (χ0v) is 9.76. The van der Waals surface area contributed by atoms with Crippen LogP contribution in [0.2, 0.25) is 0 Å². The average Bonchev–Trinajstić information content (AvgIpc) is 2.38. The maximum Gasteiger partial charge on any atom is 0.573 e. The zero-order valence-electron chi connectivity index (χ0n) is 9.76. The molecule has 0 radical (unpaired) electrons. The number of hydrogen-bond acceptors (Lipinski definition) is 3. The smallest absolute Gasteiger partial charge is 0.406 e. The number of pyridine rings is 1. The molecular weight excluding hydrogens is 257 g/mol. The third kappa shape index (κ3) is 3.69. The van der Waals surface area contributed by atoms with E-state index in [1.807, 2.05) is 0 Å². The molecule has 2 rings (SSSR count). The van der Waals surface area contributed by atoms with Gasteiger partial charge in [0.15, 0.2) is 0 Å². The van der Waals surface area contributed by atoms with Crippen molar-refractivity contribution in [3.05, 3.63) is 59.9 Å². The van der Waals surface area contributed by atoms with Crippen molar-refractivity contribution in [2.75, 3.05) is 0 Å². The number of rotatable bonds is 3. The topological polar surface area (TPSA) is 48.1 Å². The molecule has 1 unspecified atom stereocenters. The lowest BCUT2D eigenvalue weighted by atomic mass is 10.0. The van der Waals surface area contributed by atoms with Gasteiger partial charge < -0.3 is 10.5 Å². The highest BCUT2D eigenvalue weighted by Crippen LogP contribution is 2.25. The molecule has 0 fully saturated rings. The Hall–Kier alpha value is -2.08. The second-order valence-corrected chi connectivity index (χ2v) is 3.88. The zero-order chi connectivity index (χ0) is 13.9. The fraction of sp³-hybridized carbons (Fsp3) is 0.154. The highest BCUT2D eigenvalue weighted by atomic mass is 19.4. The highest BCUT2D eigenvalue weighted by Gasteiger charge is 2.31.